The molecule has 1 aromatic carbocycles. The van der Waals surface area contributed by atoms with Crippen molar-refractivity contribution in [1.82, 2.24) is 20.3 Å². The van der Waals surface area contributed by atoms with Gasteiger partial charge in [-0.15, -0.1) is 23.7 Å². The Labute approximate surface area is 188 Å². The summed E-state index contributed by atoms with van der Waals surface area (Å²) in [5, 5.41) is 6.83. The maximum Gasteiger partial charge on any atom is 0.262 e. The van der Waals surface area contributed by atoms with E-state index in [1.807, 2.05) is 13.1 Å². The fraction of sp³-hybridized carbons (Fsp3) is 0.238. The van der Waals surface area contributed by atoms with Gasteiger partial charge in [-0.2, -0.15) is 0 Å². The second-order valence-electron chi connectivity index (χ2n) is 6.98. The second-order valence-corrected chi connectivity index (χ2v) is 8.24. The summed E-state index contributed by atoms with van der Waals surface area (Å²) in [6, 6.07) is 3.17. The summed E-state index contributed by atoms with van der Waals surface area (Å²) in [5.74, 6) is -2.69. The van der Waals surface area contributed by atoms with Crippen molar-refractivity contribution < 1.29 is 13.6 Å². The quantitative estimate of drug-likeness (QED) is 0.586. The first-order valence-corrected chi connectivity index (χ1v) is 10.2. The minimum atomic E-state index is -0.937. The average molecular weight is 464 g/mol. The topological polar surface area (TPSA) is 79.8 Å². The van der Waals surface area contributed by atoms with Crippen LogP contribution in [0.15, 0.2) is 42.4 Å². The van der Waals surface area contributed by atoms with Crippen molar-refractivity contribution in [3.8, 4) is 0 Å². The molecule has 4 rings (SSSR count). The number of rotatable bonds is 4. The molecule has 0 saturated carbocycles. The lowest BCUT2D eigenvalue weighted by Gasteiger charge is -2.27. The van der Waals surface area contributed by atoms with E-state index in [0.717, 1.165) is 40.6 Å². The Morgan fingerprint density at radius 2 is 1.87 bits per heavy atom. The smallest absolute Gasteiger partial charge is 0.262 e. The molecule has 1 aliphatic heterocycles. The maximum atomic E-state index is 13.8. The molecular formula is C21H20ClF2N5OS. The van der Waals surface area contributed by atoms with Gasteiger partial charge in [0.05, 0.1) is 24.1 Å². The van der Waals surface area contributed by atoms with Crippen LogP contribution in [-0.4, -0.2) is 27.4 Å². The first kappa shape index (κ1) is 22.9. The molecule has 162 valence electrons. The predicted molar refractivity (Wildman–Crippen MR) is 118 cm³/mol. The number of anilines is 1. The van der Waals surface area contributed by atoms with E-state index in [0.29, 0.717) is 5.69 Å². The minimum Gasteiger partial charge on any atom is -0.305 e. The molecule has 3 aromatic rings. The Kier molecular flexibility index (Phi) is 7.09. The summed E-state index contributed by atoms with van der Waals surface area (Å²) >= 11 is 1.62. The number of hydrogen-bond donors (Lipinski definition) is 2. The van der Waals surface area contributed by atoms with Crippen LogP contribution in [0, 0.1) is 18.6 Å². The van der Waals surface area contributed by atoms with Crippen LogP contribution in [-0.2, 0) is 0 Å². The predicted octanol–water partition coefficient (Wildman–Crippen LogP) is 4.70. The van der Waals surface area contributed by atoms with Crippen molar-refractivity contribution >= 4 is 41.0 Å². The van der Waals surface area contributed by atoms with Crippen LogP contribution in [0.1, 0.15) is 45.3 Å². The summed E-state index contributed by atoms with van der Waals surface area (Å²) in [6.45, 7) is 4.91. The molecule has 2 N–H and O–H groups in total. The van der Waals surface area contributed by atoms with E-state index in [1.54, 1.807) is 17.5 Å². The Morgan fingerprint density at radius 3 is 2.48 bits per heavy atom. The zero-order valence-corrected chi connectivity index (χ0v) is 18.4. The van der Waals surface area contributed by atoms with E-state index < -0.39 is 23.1 Å². The van der Waals surface area contributed by atoms with Gasteiger partial charge in [0.25, 0.3) is 5.91 Å². The highest BCUT2D eigenvalue weighted by Crippen LogP contribution is 2.37. The van der Waals surface area contributed by atoms with Crippen molar-refractivity contribution in [1.29, 1.82) is 0 Å². The van der Waals surface area contributed by atoms with Crippen molar-refractivity contribution in [2.45, 2.75) is 26.3 Å². The normalized spacial score (nSPS) is 16.1. The third-order valence-electron chi connectivity index (χ3n) is 4.84. The molecule has 31 heavy (non-hydrogen) atoms. The van der Waals surface area contributed by atoms with Gasteiger partial charge in [0.2, 0.25) is 0 Å². The summed E-state index contributed by atoms with van der Waals surface area (Å²) in [7, 11) is 0. The number of aryl methyl sites for hydroxylation is 1. The molecule has 1 atom stereocenters. The standard InChI is InChI=1S/C21H19F2N5OS.ClH/c1-11-6-7-24-19(21-27-8-12(2)30-21)17(11)15-9-26-16(10-25-15)28-20(29)18-13(22)4-3-5-14(18)23;/h3-5,8-10,19,24H,6-7H2,1-2H3,(H,26,28,29);1H. The number of hydrogen-bond acceptors (Lipinski definition) is 6. The minimum absolute atomic E-state index is 0. The van der Waals surface area contributed by atoms with Crippen LogP contribution in [0.3, 0.4) is 0 Å². The van der Waals surface area contributed by atoms with Gasteiger partial charge in [-0.3, -0.25) is 9.78 Å². The highest BCUT2D eigenvalue weighted by Gasteiger charge is 2.27. The molecule has 1 aliphatic rings. The molecule has 0 radical (unpaired) electrons. The second kappa shape index (κ2) is 9.59. The average Bonchev–Trinajstić information content (AvgIpc) is 3.15. The van der Waals surface area contributed by atoms with Crippen LogP contribution in [0.2, 0.25) is 0 Å². The lowest BCUT2D eigenvalue weighted by Crippen LogP contribution is -2.29. The summed E-state index contributed by atoms with van der Waals surface area (Å²) in [5.41, 5.74) is 2.19. The van der Waals surface area contributed by atoms with Gasteiger partial charge < -0.3 is 10.6 Å². The van der Waals surface area contributed by atoms with E-state index in [-0.39, 0.29) is 24.3 Å². The van der Waals surface area contributed by atoms with Crippen LogP contribution >= 0.6 is 23.7 Å². The summed E-state index contributed by atoms with van der Waals surface area (Å²) in [6.07, 6.45) is 5.65. The molecular weight excluding hydrogens is 444 g/mol. The third kappa shape index (κ3) is 4.79. The molecule has 0 spiro atoms. The molecule has 10 heteroatoms. The Hall–Kier alpha value is -2.75. The molecule has 0 bridgehead atoms. The number of benzene rings is 1. The maximum absolute atomic E-state index is 13.8. The van der Waals surface area contributed by atoms with Crippen LogP contribution in [0.4, 0.5) is 14.6 Å². The van der Waals surface area contributed by atoms with Crippen LogP contribution in [0.25, 0.3) is 5.57 Å². The molecule has 2 aromatic heterocycles. The monoisotopic (exact) mass is 463 g/mol. The van der Waals surface area contributed by atoms with Crippen molar-refractivity contribution in [2.75, 3.05) is 11.9 Å². The third-order valence-corrected chi connectivity index (χ3v) is 5.82. The van der Waals surface area contributed by atoms with Gasteiger partial charge in [-0.1, -0.05) is 11.6 Å². The first-order chi connectivity index (χ1) is 14.4. The highest BCUT2D eigenvalue weighted by molar-refractivity contribution is 7.11. The zero-order valence-electron chi connectivity index (χ0n) is 16.8. The largest absolute Gasteiger partial charge is 0.305 e. The molecule has 0 fully saturated rings. The van der Waals surface area contributed by atoms with Gasteiger partial charge in [0.1, 0.15) is 22.2 Å². The van der Waals surface area contributed by atoms with Crippen molar-refractivity contribution in [3.05, 3.63) is 75.1 Å². The fourth-order valence-electron chi connectivity index (χ4n) is 3.40. The molecule has 0 aliphatic carbocycles. The lowest BCUT2D eigenvalue weighted by atomic mass is 9.93. The zero-order chi connectivity index (χ0) is 21.3. The summed E-state index contributed by atoms with van der Waals surface area (Å²) in [4.78, 5) is 26.5. The first-order valence-electron chi connectivity index (χ1n) is 9.37. The number of amides is 1. The van der Waals surface area contributed by atoms with Crippen LogP contribution in [0.5, 0.6) is 0 Å². The Morgan fingerprint density at radius 1 is 1.13 bits per heavy atom. The highest BCUT2D eigenvalue weighted by atomic mass is 35.5. The van der Waals surface area contributed by atoms with Gasteiger partial charge in [-0.05, 0) is 38.9 Å². The number of carbonyl (C=O) groups is 1. The van der Waals surface area contributed by atoms with E-state index in [2.05, 4.69) is 32.5 Å². The van der Waals surface area contributed by atoms with E-state index in [1.165, 1.54) is 17.8 Å². The molecule has 1 unspecified atom stereocenters. The van der Waals surface area contributed by atoms with Gasteiger partial charge >= 0.3 is 0 Å². The molecule has 0 saturated heterocycles. The van der Waals surface area contributed by atoms with Crippen molar-refractivity contribution in [3.63, 3.8) is 0 Å². The lowest BCUT2D eigenvalue weighted by molar-refractivity contribution is 0.101. The van der Waals surface area contributed by atoms with Gasteiger partial charge in [0.15, 0.2) is 5.82 Å². The molecule has 3 heterocycles. The number of carbonyl (C=O) groups excluding carboxylic acids is 1. The number of thiazole rings is 1. The van der Waals surface area contributed by atoms with Crippen LogP contribution < -0.4 is 10.6 Å². The Balaban J connectivity index is 0.00000272. The van der Waals surface area contributed by atoms with E-state index >= 15 is 0 Å². The molecule has 6 nitrogen and oxygen atoms in total. The van der Waals surface area contributed by atoms with E-state index in [9.17, 15) is 13.6 Å². The molecule has 1 amide bonds. The number of aromatic nitrogens is 3. The number of halogens is 3. The Bertz CT molecular complexity index is 1110. The summed E-state index contributed by atoms with van der Waals surface area (Å²) < 4.78 is 27.6. The SMILES string of the molecule is CC1=C(c2cnc(NC(=O)c3c(F)cccc3F)cn2)C(c2ncc(C)s2)NCC1.Cl. The van der Waals surface area contributed by atoms with Gasteiger partial charge in [-0.25, -0.2) is 18.7 Å². The number of nitrogens with one attached hydrogen (secondary N) is 2. The van der Waals surface area contributed by atoms with Gasteiger partial charge in [0, 0.05) is 16.6 Å². The fourth-order valence-corrected chi connectivity index (χ4v) is 4.26. The number of nitrogens with zero attached hydrogens (tertiary/aromatic N) is 3. The van der Waals surface area contributed by atoms with Crippen molar-refractivity contribution in [2.24, 2.45) is 0 Å². The van der Waals surface area contributed by atoms with E-state index in [4.69, 9.17) is 0 Å².